The Morgan fingerprint density at radius 3 is 1.74 bits per heavy atom. The minimum atomic E-state index is -3.53. The highest BCUT2D eigenvalue weighted by Gasteiger charge is 2.35. The molecule has 0 unspecified atom stereocenters. The smallest absolute Gasteiger partial charge is 0.426 e. The van der Waals surface area contributed by atoms with Crippen molar-refractivity contribution in [2.24, 2.45) is 17.8 Å². The molecule has 2 nitrogen and oxygen atoms in total. The van der Waals surface area contributed by atoms with Crippen molar-refractivity contribution in [3.63, 3.8) is 0 Å². The fraction of sp³-hybridized carbons (Fsp3) is 0.625. The van der Waals surface area contributed by atoms with Crippen LogP contribution in [0.15, 0.2) is 48.5 Å². The Labute approximate surface area is 225 Å². The summed E-state index contributed by atoms with van der Waals surface area (Å²) in [5.74, 6) is 2.89. The maximum absolute atomic E-state index is 14.7. The van der Waals surface area contributed by atoms with Crippen molar-refractivity contribution in [1.82, 2.24) is 0 Å². The number of hydrogen-bond donors (Lipinski definition) is 0. The highest BCUT2D eigenvalue weighted by Crippen LogP contribution is 2.41. The fourth-order valence-electron chi connectivity index (χ4n) is 6.40. The van der Waals surface area contributed by atoms with Gasteiger partial charge in [-0.3, -0.25) is 0 Å². The molecule has 6 heteroatoms. The van der Waals surface area contributed by atoms with Gasteiger partial charge in [0.15, 0.2) is 0 Å². The first-order valence-electron chi connectivity index (χ1n) is 14.5. The fourth-order valence-corrected chi connectivity index (χ4v) is 6.40. The molecule has 0 aliphatic heterocycles. The van der Waals surface area contributed by atoms with E-state index in [4.69, 9.17) is 4.74 Å². The lowest BCUT2D eigenvalue weighted by atomic mass is 9.74. The quantitative estimate of drug-likeness (QED) is 0.252. The molecule has 0 bridgehead atoms. The summed E-state index contributed by atoms with van der Waals surface area (Å²) in [7, 11) is 0. The van der Waals surface area contributed by atoms with Crippen molar-refractivity contribution in [3.05, 3.63) is 59.7 Å². The molecule has 210 valence electrons. The molecule has 2 aromatic carbocycles. The van der Waals surface area contributed by atoms with Gasteiger partial charge >= 0.3 is 12.7 Å². The number of benzene rings is 2. The molecule has 0 N–H and O–H groups in total. The first kappa shape index (κ1) is 28.8. The van der Waals surface area contributed by atoms with Crippen LogP contribution in [0.5, 0.6) is 11.5 Å². The van der Waals surface area contributed by atoms with Crippen LogP contribution in [0.3, 0.4) is 0 Å². The summed E-state index contributed by atoms with van der Waals surface area (Å²) in [6, 6.07) is 11.2. The minimum Gasteiger partial charge on any atom is -0.435 e. The maximum atomic E-state index is 14.7. The summed E-state index contributed by atoms with van der Waals surface area (Å²) in [6.45, 7) is -0.686. The average molecular weight is 535 g/mol. The number of halogens is 4. The normalized spacial score (nSPS) is 24.4. The predicted molar refractivity (Wildman–Crippen MR) is 143 cm³/mol. The third kappa shape index (κ3) is 8.38. The molecule has 0 heterocycles. The molecule has 4 rings (SSSR count). The van der Waals surface area contributed by atoms with E-state index in [-0.39, 0.29) is 17.1 Å². The van der Waals surface area contributed by atoms with E-state index < -0.39 is 12.7 Å². The van der Waals surface area contributed by atoms with Crippen LogP contribution in [0.2, 0.25) is 0 Å². The van der Waals surface area contributed by atoms with Gasteiger partial charge < -0.3 is 9.47 Å². The molecule has 2 aliphatic carbocycles. The van der Waals surface area contributed by atoms with Crippen LogP contribution >= 0.6 is 0 Å². The van der Waals surface area contributed by atoms with Gasteiger partial charge in [-0.2, -0.15) is 17.6 Å². The first-order valence-corrected chi connectivity index (χ1v) is 14.5. The van der Waals surface area contributed by atoms with Crippen molar-refractivity contribution in [1.29, 1.82) is 0 Å². The molecular formula is C32H42F4O2. The van der Waals surface area contributed by atoms with Crippen LogP contribution in [0.4, 0.5) is 17.6 Å². The molecule has 0 aromatic heterocycles. The van der Waals surface area contributed by atoms with E-state index in [9.17, 15) is 17.6 Å². The molecule has 2 fully saturated rings. The Morgan fingerprint density at radius 1 is 0.711 bits per heavy atom. The highest BCUT2D eigenvalue weighted by molar-refractivity contribution is 5.33. The maximum Gasteiger partial charge on any atom is 0.426 e. The zero-order valence-electron chi connectivity index (χ0n) is 22.5. The van der Waals surface area contributed by atoms with Crippen molar-refractivity contribution >= 4 is 0 Å². The van der Waals surface area contributed by atoms with Crippen LogP contribution in [0, 0.1) is 17.8 Å². The Bertz CT molecular complexity index is 944. The van der Waals surface area contributed by atoms with E-state index in [0.29, 0.717) is 5.92 Å². The molecule has 0 amide bonds. The predicted octanol–water partition coefficient (Wildman–Crippen LogP) is 10.5. The topological polar surface area (TPSA) is 18.5 Å². The van der Waals surface area contributed by atoms with Crippen LogP contribution in [0.1, 0.15) is 107 Å². The number of hydrogen-bond acceptors (Lipinski definition) is 2. The Balaban J connectivity index is 1.20. The van der Waals surface area contributed by atoms with Crippen LogP contribution in [0.25, 0.3) is 0 Å². The number of alkyl halides is 4. The summed E-state index contributed by atoms with van der Waals surface area (Å²) in [5.41, 5.74) is 0.883. The Hall–Kier alpha value is -2.24. The van der Waals surface area contributed by atoms with E-state index >= 15 is 0 Å². The van der Waals surface area contributed by atoms with Gasteiger partial charge in [-0.25, -0.2) is 0 Å². The third-order valence-corrected chi connectivity index (χ3v) is 8.78. The van der Waals surface area contributed by atoms with Crippen LogP contribution in [-0.2, 0) is 6.11 Å². The molecule has 2 aromatic rings. The van der Waals surface area contributed by atoms with Crippen molar-refractivity contribution in [2.75, 3.05) is 0 Å². The van der Waals surface area contributed by atoms with Gasteiger partial charge in [0, 0.05) is 0 Å². The van der Waals surface area contributed by atoms with Crippen molar-refractivity contribution in [3.8, 4) is 11.5 Å². The van der Waals surface area contributed by atoms with Gasteiger partial charge in [-0.1, -0.05) is 76.8 Å². The molecule has 0 spiro atoms. The minimum absolute atomic E-state index is 0.111. The van der Waals surface area contributed by atoms with Crippen LogP contribution < -0.4 is 9.47 Å². The summed E-state index contributed by atoms with van der Waals surface area (Å²) in [6.07, 6.45) is 13.7. The van der Waals surface area contributed by atoms with Crippen molar-refractivity contribution in [2.45, 2.75) is 109 Å². The lowest BCUT2D eigenvalue weighted by Crippen LogP contribution is -2.22. The van der Waals surface area contributed by atoms with Gasteiger partial charge in [0.05, 0.1) is 5.56 Å². The average Bonchev–Trinajstić information content (AvgIpc) is 2.92. The molecule has 0 radical (unpaired) electrons. The van der Waals surface area contributed by atoms with Gasteiger partial charge in [-0.15, -0.1) is 0 Å². The van der Waals surface area contributed by atoms with E-state index in [2.05, 4.69) is 11.7 Å². The Kier molecular flexibility index (Phi) is 10.4. The van der Waals surface area contributed by atoms with Gasteiger partial charge in [-0.05, 0) is 91.3 Å². The van der Waals surface area contributed by atoms with Gasteiger partial charge in [0.25, 0.3) is 0 Å². The summed E-state index contributed by atoms with van der Waals surface area (Å²) in [5, 5.41) is 0. The SMILES string of the molecule is CCCC[C@H]1CC[C@H](CC[C@H]2CC[C@H](c3ccc(C(F)(F)Oc4ccc(OC(F)F)cc4)cc3)CC2)CC1. The van der Waals surface area contributed by atoms with Gasteiger partial charge in [0.2, 0.25) is 0 Å². The number of rotatable bonds is 12. The molecule has 2 aliphatic rings. The lowest BCUT2D eigenvalue weighted by Gasteiger charge is -2.32. The second-order valence-electron chi connectivity index (χ2n) is 11.4. The zero-order chi connectivity index (χ0) is 27.0. The van der Waals surface area contributed by atoms with Gasteiger partial charge in [0.1, 0.15) is 11.5 Å². The molecule has 38 heavy (non-hydrogen) atoms. The molecular weight excluding hydrogens is 492 g/mol. The monoisotopic (exact) mass is 534 g/mol. The molecule has 0 atom stereocenters. The highest BCUT2D eigenvalue weighted by atomic mass is 19.3. The summed E-state index contributed by atoms with van der Waals surface area (Å²) < 4.78 is 63.1. The standard InChI is InChI=1S/C32H42F4O2/c1-2-3-4-23-5-7-24(8-6-23)9-10-25-11-13-26(14-12-25)27-15-17-28(18-16-27)32(35,36)38-30-21-19-29(20-22-30)37-31(33)34/h15-26,31H,2-14H2,1H3/t23-,24-,25-,26-. The summed E-state index contributed by atoms with van der Waals surface area (Å²) >= 11 is 0. The molecule has 2 saturated carbocycles. The number of unbranched alkanes of at least 4 members (excludes halogenated alkanes) is 1. The van der Waals surface area contributed by atoms with E-state index in [1.54, 1.807) is 12.1 Å². The van der Waals surface area contributed by atoms with Crippen molar-refractivity contribution < 1.29 is 27.0 Å². The van der Waals surface area contributed by atoms with E-state index in [1.165, 1.54) is 107 Å². The number of ether oxygens (including phenoxy) is 2. The zero-order valence-corrected chi connectivity index (χ0v) is 22.5. The van der Waals surface area contributed by atoms with E-state index in [1.807, 2.05) is 0 Å². The third-order valence-electron chi connectivity index (χ3n) is 8.78. The molecule has 0 saturated heterocycles. The lowest BCUT2D eigenvalue weighted by molar-refractivity contribution is -0.185. The van der Waals surface area contributed by atoms with Crippen LogP contribution in [-0.4, -0.2) is 6.61 Å². The summed E-state index contributed by atoms with van der Waals surface area (Å²) in [4.78, 5) is 0. The second kappa shape index (κ2) is 13.7. The Morgan fingerprint density at radius 2 is 1.21 bits per heavy atom. The second-order valence-corrected chi connectivity index (χ2v) is 11.4. The first-order chi connectivity index (χ1) is 18.3. The largest absolute Gasteiger partial charge is 0.435 e. The van der Waals surface area contributed by atoms with E-state index in [0.717, 1.165) is 36.2 Å².